The molecule has 2 aliphatic rings. The molecule has 1 amide bonds. The van der Waals surface area contributed by atoms with Gasteiger partial charge < -0.3 is 0 Å². The number of nitrogens with one attached hydrogen (secondary N) is 1. The normalized spacial score (nSPS) is 28.7. The molecule has 3 atom stereocenters. The maximum absolute atomic E-state index is 12.0. The van der Waals surface area contributed by atoms with Crippen molar-refractivity contribution in [1.29, 1.82) is 0 Å². The van der Waals surface area contributed by atoms with Crippen LogP contribution in [0.1, 0.15) is 43.0 Å². The van der Waals surface area contributed by atoms with Gasteiger partial charge in [-0.25, -0.2) is 5.43 Å². The lowest BCUT2D eigenvalue weighted by Crippen LogP contribution is -2.24. The van der Waals surface area contributed by atoms with Gasteiger partial charge in [-0.15, -0.1) is 0 Å². The van der Waals surface area contributed by atoms with Crippen LogP contribution in [0, 0.1) is 17.8 Å². The highest BCUT2D eigenvalue weighted by Gasteiger charge is 2.40. The third-order valence-electron chi connectivity index (χ3n) is 4.73. The van der Waals surface area contributed by atoms with E-state index in [9.17, 15) is 4.79 Å². The smallest absolute Gasteiger partial charge is 0.267 e. The van der Waals surface area contributed by atoms with Crippen molar-refractivity contribution in [3.05, 3.63) is 34.9 Å². The molecule has 0 aromatic heterocycles. The Morgan fingerprint density at radius 1 is 1.30 bits per heavy atom. The summed E-state index contributed by atoms with van der Waals surface area (Å²) in [5.74, 6) is 1.98. The van der Waals surface area contributed by atoms with Gasteiger partial charge in [0.15, 0.2) is 0 Å². The zero-order chi connectivity index (χ0) is 14.1. The van der Waals surface area contributed by atoms with Crippen LogP contribution in [0.2, 0.25) is 5.02 Å². The Morgan fingerprint density at radius 3 is 2.75 bits per heavy atom. The second kappa shape index (κ2) is 5.57. The summed E-state index contributed by atoms with van der Waals surface area (Å²) in [6.07, 6.45) is 5.28. The van der Waals surface area contributed by atoms with Gasteiger partial charge in [0.2, 0.25) is 0 Å². The Balaban J connectivity index is 1.65. The highest BCUT2D eigenvalue weighted by Crippen LogP contribution is 2.48. The molecular formula is C16H19ClN2O. The monoisotopic (exact) mass is 290 g/mol. The number of halogens is 1. The first-order chi connectivity index (χ1) is 9.65. The molecule has 20 heavy (non-hydrogen) atoms. The third-order valence-corrected chi connectivity index (χ3v) is 5.06. The molecule has 2 saturated carbocycles. The predicted molar refractivity (Wildman–Crippen MR) is 81.0 cm³/mol. The van der Waals surface area contributed by atoms with Crippen LogP contribution in [0.5, 0.6) is 0 Å². The minimum absolute atomic E-state index is 0.238. The number of hydrogen-bond acceptors (Lipinski definition) is 2. The summed E-state index contributed by atoms with van der Waals surface area (Å²) in [7, 11) is 0. The van der Waals surface area contributed by atoms with Gasteiger partial charge in [-0.1, -0.05) is 30.2 Å². The fourth-order valence-corrected chi connectivity index (χ4v) is 3.91. The molecule has 2 aliphatic carbocycles. The summed E-state index contributed by atoms with van der Waals surface area (Å²) >= 11 is 6.00. The SMILES string of the molecule is C/C(=N\NC(=O)c1ccccc1Cl)C1CC2CCC1C2. The average molecular weight is 291 g/mol. The van der Waals surface area contributed by atoms with Crippen LogP contribution >= 0.6 is 11.6 Å². The van der Waals surface area contributed by atoms with E-state index in [1.165, 1.54) is 25.7 Å². The number of hydrogen-bond donors (Lipinski definition) is 1. The molecule has 0 heterocycles. The summed E-state index contributed by atoms with van der Waals surface area (Å²) in [5, 5.41) is 4.76. The van der Waals surface area contributed by atoms with E-state index in [2.05, 4.69) is 10.5 Å². The molecule has 0 saturated heterocycles. The Kier molecular flexibility index (Phi) is 3.79. The van der Waals surface area contributed by atoms with Gasteiger partial charge >= 0.3 is 0 Å². The number of hydrazone groups is 1. The van der Waals surface area contributed by atoms with Crippen molar-refractivity contribution in [2.45, 2.75) is 32.6 Å². The molecule has 3 rings (SSSR count). The summed E-state index contributed by atoms with van der Waals surface area (Å²) < 4.78 is 0. The van der Waals surface area contributed by atoms with Gasteiger partial charge in [0.1, 0.15) is 0 Å². The van der Waals surface area contributed by atoms with E-state index in [1.807, 2.05) is 13.0 Å². The van der Waals surface area contributed by atoms with Crippen molar-refractivity contribution in [1.82, 2.24) is 5.43 Å². The second-order valence-corrected chi connectivity index (χ2v) is 6.36. The summed E-state index contributed by atoms with van der Waals surface area (Å²) in [6, 6.07) is 7.03. The first kappa shape index (κ1) is 13.6. The van der Waals surface area contributed by atoms with E-state index in [1.54, 1.807) is 18.2 Å². The minimum Gasteiger partial charge on any atom is -0.267 e. The van der Waals surface area contributed by atoms with Gasteiger partial charge in [-0.3, -0.25) is 4.79 Å². The highest BCUT2D eigenvalue weighted by molar-refractivity contribution is 6.33. The van der Waals surface area contributed by atoms with Crippen LogP contribution < -0.4 is 5.43 Å². The Morgan fingerprint density at radius 2 is 2.10 bits per heavy atom. The summed E-state index contributed by atoms with van der Waals surface area (Å²) in [6.45, 7) is 2.03. The topological polar surface area (TPSA) is 41.5 Å². The van der Waals surface area contributed by atoms with E-state index in [0.29, 0.717) is 16.5 Å². The third kappa shape index (κ3) is 2.59. The Hall–Kier alpha value is -1.35. The van der Waals surface area contributed by atoms with E-state index in [-0.39, 0.29) is 5.91 Å². The molecule has 1 N–H and O–H groups in total. The number of benzene rings is 1. The standard InChI is InChI=1S/C16H19ClN2O/c1-10(14-9-11-6-7-12(14)8-11)18-19-16(20)13-4-2-3-5-15(13)17/h2-5,11-12,14H,6-9H2,1H3,(H,19,20)/b18-10+. The lowest BCUT2D eigenvalue weighted by Gasteiger charge is -2.21. The number of fused-ring (bicyclic) bond motifs is 2. The maximum Gasteiger partial charge on any atom is 0.272 e. The van der Waals surface area contributed by atoms with Crippen LogP contribution in [-0.4, -0.2) is 11.6 Å². The molecule has 1 aromatic carbocycles. The fourth-order valence-electron chi connectivity index (χ4n) is 3.68. The molecule has 3 unspecified atom stereocenters. The molecule has 2 fully saturated rings. The molecule has 4 heteroatoms. The van der Waals surface area contributed by atoms with E-state index in [4.69, 9.17) is 11.6 Å². The molecule has 0 radical (unpaired) electrons. The lowest BCUT2D eigenvalue weighted by molar-refractivity contribution is 0.0954. The maximum atomic E-state index is 12.0. The van der Waals surface area contributed by atoms with Crippen LogP contribution in [-0.2, 0) is 0 Å². The molecule has 2 bridgehead atoms. The molecule has 0 spiro atoms. The quantitative estimate of drug-likeness (QED) is 0.666. The number of amides is 1. The van der Waals surface area contributed by atoms with Gasteiger partial charge in [-0.2, -0.15) is 5.10 Å². The fraction of sp³-hybridized carbons (Fsp3) is 0.500. The molecule has 0 aliphatic heterocycles. The Labute approximate surface area is 124 Å². The second-order valence-electron chi connectivity index (χ2n) is 5.96. The Bertz CT molecular complexity index is 555. The van der Waals surface area contributed by atoms with Crippen LogP contribution in [0.15, 0.2) is 29.4 Å². The van der Waals surface area contributed by atoms with Crippen molar-refractivity contribution in [3.63, 3.8) is 0 Å². The number of carbonyl (C=O) groups is 1. The predicted octanol–water partition coefficient (Wildman–Crippen LogP) is 3.88. The first-order valence-corrected chi connectivity index (χ1v) is 7.62. The number of nitrogens with zero attached hydrogens (tertiary/aromatic N) is 1. The molecule has 3 nitrogen and oxygen atoms in total. The van der Waals surface area contributed by atoms with Gasteiger partial charge in [0.05, 0.1) is 10.6 Å². The highest BCUT2D eigenvalue weighted by atomic mass is 35.5. The van der Waals surface area contributed by atoms with Crippen molar-refractivity contribution >= 4 is 23.2 Å². The summed E-state index contributed by atoms with van der Waals surface area (Å²) in [5.41, 5.74) is 4.16. The lowest BCUT2D eigenvalue weighted by atomic mass is 9.86. The van der Waals surface area contributed by atoms with Crippen LogP contribution in [0.25, 0.3) is 0 Å². The number of carbonyl (C=O) groups excluding carboxylic acids is 1. The molecule has 1 aromatic rings. The van der Waals surface area contributed by atoms with E-state index < -0.39 is 0 Å². The van der Waals surface area contributed by atoms with Gasteiger partial charge in [-0.05, 0) is 50.2 Å². The average Bonchev–Trinajstić information content (AvgIpc) is 3.07. The zero-order valence-corrected chi connectivity index (χ0v) is 12.4. The van der Waals surface area contributed by atoms with Crippen molar-refractivity contribution in [2.75, 3.05) is 0 Å². The van der Waals surface area contributed by atoms with Crippen molar-refractivity contribution in [2.24, 2.45) is 22.9 Å². The van der Waals surface area contributed by atoms with Crippen LogP contribution in [0.4, 0.5) is 0 Å². The molecule has 106 valence electrons. The van der Waals surface area contributed by atoms with Gasteiger partial charge in [0.25, 0.3) is 5.91 Å². The minimum atomic E-state index is -0.238. The van der Waals surface area contributed by atoms with Gasteiger partial charge in [0, 0.05) is 11.6 Å². The zero-order valence-electron chi connectivity index (χ0n) is 11.6. The first-order valence-electron chi connectivity index (χ1n) is 7.24. The summed E-state index contributed by atoms with van der Waals surface area (Å²) in [4.78, 5) is 12.0. The molecular weight excluding hydrogens is 272 g/mol. The van der Waals surface area contributed by atoms with E-state index in [0.717, 1.165) is 17.5 Å². The van der Waals surface area contributed by atoms with Crippen LogP contribution in [0.3, 0.4) is 0 Å². The number of rotatable bonds is 3. The van der Waals surface area contributed by atoms with Crippen molar-refractivity contribution < 1.29 is 4.79 Å². The van der Waals surface area contributed by atoms with Crippen molar-refractivity contribution in [3.8, 4) is 0 Å². The van der Waals surface area contributed by atoms with E-state index >= 15 is 0 Å². The largest absolute Gasteiger partial charge is 0.272 e.